The van der Waals surface area contributed by atoms with E-state index in [0.29, 0.717) is 50.3 Å². The molecule has 1 saturated heterocycles. The van der Waals surface area contributed by atoms with Gasteiger partial charge in [0.05, 0.1) is 24.4 Å². The molecule has 7 atom stereocenters. The lowest BCUT2D eigenvalue weighted by Crippen LogP contribution is -2.51. The maximum absolute atomic E-state index is 13.0. The number of cyclic esters (lactones) is 1. The number of ether oxygens (including phenoxy) is 2. The second kappa shape index (κ2) is 23.4. The van der Waals surface area contributed by atoms with Crippen LogP contribution in [-0.2, 0) is 23.9 Å². The van der Waals surface area contributed by atoms with Gasteiger partial charge >= 0.3 is 5.97 Å². The zero-order chi connectivity index (χ0) is 35.3. The lowest BCUT2D eigenvalue weighted by atomic mass is 9.87. The second-order valence-electron chi connectivity index (χ2n) is 12.3. The van der Waals surface area contributed by atoms with E-state index in [4.69, 9.17) is 15.9 Å². The van der Waals surface area contributed by atoms with Crippen LogP contribution < -0.4 is 10.6 Å². The average molecular weight is 699 g/mol. The number of hydrogen-bond donors (Lipinski definition) is 3. The average Bonchev–Trinajstić information content (AvgIpc) is 3.04. The van der Waals surface area contributed by atoms with Crippen molar-refractivity contribution in [2.45, 2.75) is 104 Å². The van der Waals surface area contributed by atoms with E-state index in [2.05, 4.69) is 42.6 Å². The minimum atomic E-state index is -0.541. The van der Waals surface area contributed by atoms with Gasteiger partial charge in [0.1, 0.15) is 6.10 Å². The number of carbonyl (C=O) groups excluding carboxylic acids is 3. The van der Waals surface area contributed by atoms with Gasteiger partial charge in [-0.3, -0.25) is 9.59 Å². The molecule has 0 aliphatic carbocycles. The molecule has 0 spiro atoms. The van der Waals surface area contributed by atoms with Crippen molar-refractivity contribution in [2.24, 2.45) is 11.8 Å². The molecule has 0 bridgehead atoms. The Hall–Kier alpha value is -2.97. The summed E-state index contributed by atoms with van der Waals surface area (Å²) < 4.78 is 11.7. The van der Waals surface area contributed by atoms with E-state index >= 15 is 0 Å². The van der Waals surface area contributed by atoms with Crippen LogP contribution in [0.4, 0.5) is 0 Å². The zero-order valence-corrected chi connectivity index (χ0v) is 30.7. The summed E-state index contributed by atoms with van der Waals surface area (Å²) in [5.74, 6) is 3.65. The molecule has 0 saturated carbocycles. The SMILES string of the molecule is C#CCCC(=O)NCCSSCCC(=O)N[C@H](/C=C/C=C(\C)CC(C)/C=C(C)\C=C\[C@H]1CC=CC(=O)O1)[C@@H]1C[C@@H](O)[C@H](C)[C@H](/C=C/C)O1. The first-order chi connectivity index (χ1) is 23.0. The fraction of sp³-hybridized carbons (Fsp3) is 0.553. The lowest BCUT2D eigenvalue weighted by molar-refractivity contribution is -0.141. The van der Waals surface area contributed by atoms with E-state index in [0.717, 1.165) is 17.7 Å². The van der Waals surface area contributed by atoms with Crippen molar-refractivity contribution in [1.29, 1.82) is 0 Å². The summed E-state index contributed by atoms with van der Waals surface area (Å²) in [7, 11) is 3.21. The van der Waals surface area contributed by atoms with Crippen LogP contribution in [0.25, 0.3) is 0 Å². The lowest BCUT2D eigenvalue weighted by Gasteiger charge is -2.39. The minimum Gasteiger partial charge on any atom is -0.455 e. The fourth-order valence-electron chi connectivity index (χ4n) is 5.37. The van der Waals surface area contributed by atoms with Crippen molar-refractivity contribution in [2.75, 3.05) is 18.1 Å². The highest BCUT2D eigenvalue weighted by atomic mass is 33.1. The number of amides is 2. The van der Waals surface area contributed by atoms with Gasteiger partial charge in [0.25, 0.3) is 0 Å². The molecule has 2 aliphatic rings. The van der Waals surface area contributed by atoms with Gasteiger partial charge < -0.3 is 25.2 Å². The summed E-state index contributed by atoms with van der Waals surface area (Å²) in [6.45, 7) is 10.8. The Morgan fingerprint density at radius 1 is 1.19 bits per heavy atom. The molecule has 2 amide bonds. The maximum atomic E-state index is 13.0. The topological polar surface area (TPSA) is 114 Å². The van der Waals surface area contributed by atoms with Crippen LogP contribution >= 0.6 is 21.6 Å². The van der Waals surface area contributed by atoms with Crippen LogP contribution in [0.2, 0.25) is 0 Å². The first-order valence-corrected chi connectivity index (χ1v) is 19.3. The summed E-state index contributed by atoms with van der Waals surface area (Å²) >= 11 is 0. The molecule has 0 aromatic heterocycles. The molecule has 0 aromatic carbocycles. The van der Waals surface area contributed by atoms with Crippen LogP contribution in [0.3, 0.4) is 0 Å². The van der Waals surface area contributed by atoms with Gasteiger partial charge in [-0.15, -0.1) is 12.3 Å². The monoisotopic (exact) mass is 698 g/mol. The predicted molar refractivity (Wildman–Crippen MR) is 199 cm³/mol. The first kappa shape index (κ1) is 41.2. The fourth-order valence-corrected chi connectivity index (χ4v) is 7.26. The van der Waals surface area contributed by atoms with E-state index < -0.39 is 12.1 Å². The van der Waals surface area contributed by atoms with Crippen LogP contribution in [0.1, 0.15) is 73.1 Å². The summed E-state index contributed by atoms with van der Waals surface area (Å²) in [6.07, 6.45) is 26.2. The molecule has 2 rings (SSSR count). The number of nitrogens with one attached hydrogen (secondary N) is 2. The molecule has 0 radical (unpaired) electrons. The molecule has 3 N–H and O–H groups in total. The zero-order valence-electron chi connectivity index (χ0n) is 29.1. The van der Waals surface area contributed by atoms with Crippen LogP contribution in [0.15, 0.2) is 71.9 Å². The molecule has 48 heavy (non-hydrogen) atoms. The summed E-state index contributed by atoms with van der Waals surface area (Å²) in [6, 6.07) is -0.402. The quantitative estimate of drug-likeness (QED) is 0.0355. The summed E-state index contributed by atoms with van der Waals surface area (Å²) in [5.41, 5.74) is 2.30. The van der Waals surface area contributed by atoms with Crippen molar-refractivity contribution in [3.63, 3.8) is 0 Å². The number of terminal acetylenes is 1. The molecule has 2 aliphatic heterocycles. The van der Waals surface area contributed by atoms with Gasteiger partial charge in [-0.05, 0) is 39.2 Å². The molecular weight excluding hydrogens is 645 g/mol. The standard InChI is InChI=1S/C38H54N2O6S2/c1-7-9-16-36(42)39-21-23-48-47-22-20-37(43)40-32(35-26-33(41)30(6)34(46-35)12-8-2)15-10-13-27(3)24-29(5)25-28(4)18-19-31-14-11-17-38(44)45-31/h1,8,10-13,15,17-19,25,29-35,41H,9,14,16,20-24,26H2,2-6H3,(H,39,42)(H,40,43)/b12-8+,15-10+,19-18+,27-13+,28-25-/t29?,30-,31+,32+,33+,34-,35-/m0/s1. The van der Waals surface area contributed by atoms with E-state index in [1.165, 1.54) is 11.6 Å². The Kier molecular flexibility index (Phi) is 20.1. The number of aliphatic hydroxyl groups is 1. The molecular formula is C38H54N2O6S2. The van der Waals surface area contributed by atoms with Crippen molar-refractivity contribution in [3.05, 3.63) is 71.9 Å². The number of allylic oxidation sites excluding steroid dienone is 7. The predicted octanol–water partition coefficient (Wildman–Crippen LogP) is 6.41. The molecule has 264 valence electrons. The smallest absolute Gasteiger partial charge is 0.331 e. The van der Waals surface area contributed by atoms with Gasteiger partial charge in [-0.1, -0.05) is 95.2 Å². The minimum absolute atomic E-state index is 0.0437. The first-order valence-electron chi connectivity index (χ1n) is 16.8. The molecule has 10 heteroatoms. The van der Waals surface area contributed by atoms with Gasteiger partial charge in [0, 0.05) is 62.1 Å². The number of esters is 1. The Bertz CT molecular complexity index is 1260. The van der Waals surface area contributed by atoms with Crippen molar-refractivity contribution in [3.8, 4) is 12.3 Å². The third-order valence-corrected chi connectivity index (χ3v) is 10.3. The van der Waals surface area contributed by atoms with Crippen LogP contribution in [0.5, 0.6) is 0 Å². The number of carbonyl (C=O) groups is 3. The summed E-state index contributed by atoms with van der Waals surface area (Å²) in [5, 5.41) is 16.8. The van der Waals surface area contributed by atoms with E-state index in [1.807, 2.05) is 63.3 Å². The molecule has 1 fully saturated rings. The van der Waals surface area contributed by atoms with E-state index in [-0.39, 0.29) is 42.0 Å². The Balaban J connectivity index is 1.95. The highest BCUT2D eigenvalue weighted by Crippen LogP contribution is 2.29. The largest absolute Gasteiger partial charge is 0.455 e. The third-order valence-electron chi connectivity index (χ3n) is 7.90. The normalized spacial score (nSPS) is 24.9. The highest BCUT2D eigenvalue weighted by molar-refractivity contribution is 8.76. The Morgan fingerprint density at radius 3 is 2.69 bits per heavy atom. The molecule has 1 unspecified atom stereocenters. The van der Waals surface area contributed by atoms with Gasteiger partial charge in [-0.2, -0.15) is 0 Å². The Labute approximate surface area is 295 Å². The number of aliphatic hydroxyl groups excluding tert-OH is 1. The molecule has 0 aromatic rings. The van der Waals surface area contributed by atoms with Gasteiger partial charge in [0.2, 0.25) is 11.8 Å². The maximum Gasteiger partial charge on any atom is 0.331 e. The van der Waals surface area contributed by atoms with E-state index in [9.17, 15) is 19.5 Å². The second-order valence-corrected chi connectivity index (χ2v) is 15.0. The van der Waals surface area contributed by atoms with E-state index in [1.54, 1.807) is 21.6 Å². The third kappa shape index (κ3) is 16.9. The van der Waals surface area contributed by atoms with Crippen molar-refractivity contribution < 1.29 is 29.0 Å². The van der Waals surface area contributed by atoms with Gasteiger partial charge in [-0.25, -0.2) is 4.79 Å². The van der Waals surface area contributed by atoms with Crippen LogP contribution in [-0.4, -0.2) is 71.4 Å². The molecule has 8 nitrogen and oxygen atoms in total. The number of hydrogen-bond acceptors (Lipinski definition) is 8. The van der Waals surface area contributed by atoms with Crippen LogP contribution in [0, 0.1) is 24.2 Å². The van der Waals surface area contributed by atoms with Crippen molar-refractivity contribution in [1.82, 2.24) is 10.6 Å². The highest BCUT2D eigenvalue weighted by Gasteiger charge is 2.37. The summed E-state index contributed by atoms with van der Waals surface area (Å²) in [4.78, 5) is 36.1. The van der Waals surface area contributed by atoms with Gasteiger partial charge in [0.15, 0.2) is 0 Å². The number of rotatable bonds is 19. The molecule has 2 heterocycles. The Morgan fingerprint density at radius 2 is 1.96 bits per heavy atom. The van der Waals surface area contributed by atoms with Crippen molar-refractivity contribution >= 4 is 39.4 Å².